The molecule has 2 rings (SSSR count). The van der Waals surface area contributed by atoms with Crippen molar-refractivity contribution in [3.63, 3.8) is 0 Å². The second-order valence-corrected chi connectivity index (χ2v) is 4.38. The number of aldehydes is 1. The van der Waals surface area contributed by atoms with Crippen molar-refractivity contribution in [1.82, 2.24) is 5.32 Å². The summed E-state index contributed by atoms with van der Waals surface area (Å²) in [5, 5.41) is 4.08. The standard InChI is InChI=1S/C12H14ClNO/c13-10-6-4-9(5-7-10)12-3-1-2-11(8-15)14-12/h4-8,11-12,14H,1-3H2. The molecule has 0 radical (unpaired) electrons. The van der Waals surface area contributed by atoms with Gasteiger partial charge in [0.25, 0.3) is 0 Å². The lowest BCUT2D eigenvalue weighted by Gasteiger charge is -2.28. The highest BCUT2D eigenvalue weighted by atomic mass is 35.5. The van der Waals surface area contributed by atoms with Crippen molar-refractivity contribution < 1.29 is 4.79 Å². The van der Waals surface area contributed by atoms with E-state index >= 15 is 0 Å². The molecule has 2 nitrogen and oxygen atoms in total. The molecule has 1 heterocycles. The van der Waals surface area contributed by atoms with E-state index in [4.69, 9.17) is 11.6 Å². The van der Waals surface area contributed by atoms with Crippen LogP contribution in [0.4, 0.5) is 0 Å². The number of halogens is 1. The van der Waals surface area contributed by atoms with Gasteiger partial charge >= 0.3 is 0 Å². The molecule has 0 aliphatic carbocycles. The van der Waals surface area contributed by atoms with Crippen molar-refractivity contribution in [3.05, 3.63) is 34.9 Å². The Kier molecular flexibility index (Phi) is 3.39. The van der Waals surface area contributed by atoms with Crippen LogP contribution < -0.4 is 5.32 Å². The first kappa shape index (κ1) is 10.7. The molecule has 1 aromatic rings. The molecule has 1 aliphatic heterocycles. The fourth-order valence-electron chi connectivity index (χ4n) is 2.03. The van der Waals surface area contributed by atoms with Gasteiger partial charge in [-0.1, -0.05) is 23.7 Å². The summed E-state index contributed by atoms with van der Waals surface area (Å²) in [6.07, 6.45) is 4.14. The van der Waals surface area contributed by atoms with Gasteiger partial charge in [-0.2, -0.15) is 0 Å². The van der Waals surface area contributed by atoms with Crippen LogP contribution in [0.1, 0.15) is 30.9 Å². The summed E-state index contributed by atoms with van der Waals surface area (Å²) in [6, 6.07) is 8.14. The molecule has 1 N–H and O–H groups in total. The van der Waals surface area contributed by atoms with Crippen LogP contribution in [-0.2, 0) is 4.79 Å². The van der Waals surface area contributed by atoms with Crippen LogP contribution in [0.5, 0.6) is 0 Å². The van der Waals surface area contributed by atoms with Gasteiger partial charge in [0.05, 0.1) is 6.04 Å². The fourth-order valence-corrected chi connectivity index (χ4v) is 2.16. The van der Waals surface area contributed by atoms with Crippen LogP contribution >= 0.6 is 11.6 Å². The summed E-state index contributed by atoms with van der Waals surface area (Å²) in [5.74, 6) is 0. The SMILES string of the molecule is O=CC1CCCC(c2ccc(Cl)cc2)N1. The van der Waals surface area contributed by atoms with Crippen LogP contribution in [0, 0.1) is 0 Å². The van der Waals surface area contributed by atoms with Crippen LogP contribution in [0.25, 0.3) is 0 Å². The van der Waals surface area contributed by atoms with Crippen molar-refractivity contribution in [2.45, 2.75) is 31.3 Å². The Labute approximate surface area is 94.6 Å². The van der Waals surface area contributed by atoms with Gasteiger partial charge in [0.1, 0.15) is 6.29 Å². The molecule has 1 aliphatic rings. The number of nitrogens with one attached hydrogen (secondary N) is 1. The minimum absolute atomic E-state index is 0.0134. The Hall–Kier alpha value is -0.860. The van der Waals surface area contributed by atoms with Crippen molar-refractivity contribution in [2.24, 2.45) is 0 Å². The van der Waals surface area contributed by atoms with E-state index in [0.717, 1.165) is 30.6 Å². The smallest absolute Gasteiger partial charge is 0.136 e. The van der Waals surface area contributed by atoms with Gasteiger partial charge in [0, 0.05) is 11.1 Å². The molecule has 0 aromatic heterocycles. The molecule has 15 heavy (non-hydrogen) atoms. The van der Waals surface area contributed by atoms with Crippen LogP contribution in [-0.4, -0.2) is 12.3 Å². The summed E-state index contributed by atoms with van der Waals surface area (Å²) in [5.41, 5.74) is 1.21. The maximum atomic E-state index is 10.7. The number of piperidine rings is 1. The maximum absolute atomic E-state index is 10.7. The molecule has 80 valence electrons. The van der Waals surface area contributed by atoms with E-state index in [2.05, 4.69) is 5.32 Å². The number of hydrogen-bond donors (Lipinski definition) is 1. The monoisotopic (exact) mass is 223 g/mol. The molecule has 2 atom stereocenters. The number of carbonyl (C=O) groups excluding carboxylic acids is 1. The second-order valence-electron chi connectivity index (χ2n) is 3.94. The van der Waals surface area contributed by atoms with Gasteiger partial charge in [-0.3, -0.25) is 0 Å². The van der Waals surface area contributed by atoms with Gasteiger partial charge in [-0.25, -0.2) is 0 Å². The molecule has 0 bridgehead atoms. The molecule has 0 spiro atoms. The highest BCUT2D eigenvalue weighted by Gasteiger charge is 2.21. The lowest BCUT2D eigenvalue weighted by Crippen LogP contribution is -2.37. The fraction of sp³-hybridized carbons (Fsp3) is 0.417. The molecule has 1 fully saturated rings. The Morgan fingerprint density at radius 1 is 1.27 bits per heavy atom. The zero-order chi connectivity index (χ0) is 10.7. The average Bonchev–Trinajstić information content (AvgIpc) is 2.30. The first-order chi connectivity index (χ1) is 7.29. The predicted molar refractivity (Wildman–Crippen MR) is 61.0 cm³/mol. The minimum atomic E-state index is 0.0134. The summed E-state index contributed by atoms with van der Waals surface area (Å²) < 4.78 is 0. The van der Waals surface area contributed by atoms with Gasteiger partial charge < -0.3 is 10.1 Å². The third-order valence-electron chi connectivity index (χ3n) is 2.86. The largest absolute Gasteiger partial charge is 0.302 e. The number of rotatable bonds is 2. The van der Waals surface area contributed by atoms with Gasteiger partial charge in [-0.15, -0.1) is 0 Å². The van der Waals surface area contributed by atoms with Gasteiger partial charge in [0.15, 0.2) is 0 Å². The summed E-state index contributed by atoms with van der Waals surface area (Å²) in [6.45, 7) is 0. The quantitative estimate of drug-likeness (QED) is 0.782. The molecular formula is C12H14ClNO. The molecule has 0 amide bonds. The molecule has 1 aromatic carbocycles. The third kappa shape index (κ3) is 2.58. The molecule has 3 heteroatoms. The van der Waals surface area contributed by atoms with E-state index < -0.39 is 0 Å². The normalized spacial score (nSPS) is 26.2. The topological polar surface area (TPSA) is 29.1 Å². The van der Waals surface area contributed by atoms with E-state index in [1.807, 2.05) is 24.3 Å². The number of benzene rings is 1. The Balaban J connectivity index is 2.09. The first-order valence-corrected chi connectivity index (χ1v) is 5.64. The molecule has 0 saturated carbocycles. The Morgan fingerprint density at radius 2 is 2.00 bits per heavy atom. The zero-order valence-electron chi connectivity index (χ0n) is 8.45. The van der Waals surface area contributed by atoms with Crippen molar-refractivity contribution in [2.75, 3.05) is 0 Å². The number of carbonyl (C=O) groups is 1. The number of hydrogen-bond acceptors (Lipinski definition) is 2. The first-order valence-electron chi connectivity index (χ1n) is 5.26. The summed E-state index contributed by atoms with van der Waals surface area (Å²) in [7, 11) is 0. The van der Waals surface area contributed by atoms with Crippen molar-refractivity contribution in [3.8, 4) is 0 Å². The highest BCUT2D eigenvalue weighted by molar-refractivity contribution is 6.30. The van der Waals surface area contributed by atoms with Crippen LogP contribution in [0.15, 0.2) is 24.3 Å². The Morgan fingerprint density at radius 3 is 2.67 bits per heavy atom. The Bertz CT molecular complexity index is 336. The highest BCUT2D eigenvalue weighted by Crippen LogP contribution is 2.25. The van der Waals surface area contributed by atoms with E-state index in [1.54, 1.807) is 0 Å². The van der Waals surface area contributed by atoms with Crippen molar-refractivity contribution >= 4 is 17.9 Å². The summed E-state index contributed by atoms with van der Waals surface area (Å²) >= 11 is 5.83. The van der Waals surface area contributed by atoms with E-state index in [-0.39, 0.29) is 6.04 Å². The maximum Gasteiger partial charge on any atom is 0.136 e. The molecule has 1 saturated heterocycles. The van der Waals surface area contributed by atoms with Gasteiger partial charge in [0.2, 0.25) is 0 Å². The van der Waals surface area contributed by atoms with Crippen LogP contribution in [0.2, 0.25) is 5.02 Å². The third-order valence-corrected chi connectivity index (χ3v) is 3.11. The average molecular weight is 224 g/mol. The lowest BCUT2D eigenvalue weighted by molar-refractivity contribution is -0.110. The van der Waals surface area contributed by atoms with Crippen LogP contribution in [0.3, 0.4) is 0 Å². The zero-order valence-corrected chi connectivity index (χ0v) is 9.20. The van der Waals surface area contributed by atoms with Gasteiger partial charge in [-0.05, 0) is 37.0 Å². The second kappa shape index (κ2) is 4.77. The summed E-state index contributed by atoms with van der Waals surface area (Å²) in [4.78, 5) is 10.7. The van der Waals surface area contributed by atoms with E-state index in [1.165, 1.54) is 5.56 Å². The van der Waals surface area contributed by atoms with Crippen molar-refractivity contribution in [1.29, 1.82) is 0 Å². The lowest BCUT2D eigenvalue weighted by atomic mass is 9.94. The predicted octanol–water partition coefficient (Wildman–Crippen LogP) is 2.72. The van der Waals surface area contributed by atoms with E-state index in [9.17, 15) is 4.79 Å². The molecule has 2 unspecified atom stereocenters. The minimum Gasteiger partial charge on any atom is -0.302 e. The molecular weight excluding hydrogens is 210 g/mol. The van der Waals surface area contributed by atoms with E-state index in [0.29, 0.717) is 6.04 Å².